The van der Waals surface area contributed by atoms with Gasteiger partial charge in [0.05, 0.1) is 6.61 Å². The van der Waals surface area contributed by atoms with Crippen LogP contribution in [0.25, 0.3) is 0 Å². The Morgan fingerprint density at radius 1 is 1.29 bits per heavy atom. The molecule has 1 aromatic carbocycles. The number of hydrogen-bond donors (Lipinski definition) is 2. The Morgan fingerprint density at radius 2 is 1.93 bits per heavy atom. The van der Waals surface area contributed by atoms with Crippen LogP contribution in [0, 0.1) is 0 Å². The first-order valence-electron chi connectivity index (χ1n) is 4.78. The fraction of sp³-hybridized carbons (Fsp3) is 0.455. The summed E-state index contributed by atoms with van der Waals surface area (Å²) in [5.41, 5.74) is 0. The van der Waals surface area contributed by atoms with Gasteiger partial charge in [-0.25, -0.2) is 0 Å². The van der Waals surface area contributed by atoms with Gasteiger partial charge in [-0.3, -0.25) is 0 Å². The molecule has 2 unspecified atom stereocenters. The van der Waals surface area contributed by atoms with Crippen LogP contribution in [0.1, 0.15) is 13.3 Å². The van der Waals surface area contributed by atoms with Crippen molar-refractivity contribution in [3.05, 3.63) is 30.3 Å². The highest BCUT2D eigenvalue weighted by atomic mass is 16.5. The summed E-state index contributed by atoms with van der Waals surface area (Å²) in [7, 11) is 0. The van der Waals surface area contributed by atoms with Gasteiger partial charge in [0.2, 0.25) is 0 Å². The van der Waals surface area contributed by atoms with Gasteiger partial charge in [-0.1, -0.05) is 25.1 Å². The predicted octanol–water partition coefficient (Wildman–Crippen LogP) is 1.20. The van der Waals surface area contributed by atoms with Crippen LogP contribution in [0.3, 0.4) is 0 Å². The lowest BCUT2D eigenvalue weighted by molar-refractivity contribution is -0.00210. The van der Waals surface area contributed by atoms with Gasteiger partial charge in [-0.05, 0) is 18.6 Å². The zero-order valence-corrected chi connectivity index (χ0v) is 8.26. The maximum Gasteiger partial charge on any atom is 0.126 e. The predicted molar refractivity (Wildman–Crippen MR) is 54.2 cm³/mol. The van der Waals surface area contributed by atoms with E-state index in [1.807, 2.05) is 37.3 Å². The van der Waals surface area contributed by atoms with E-state index in [0.717, 1.165) is 0 Å². The van der Waals surface area contributed by atoms with Crippen LogP contribution in [0.15, 0.2) is 30.3 Å². The second kappa shape index (κ2) is 5.62. The molecule has 0 saturated heterocycles. The van der Waals surface area contributed by atoms with E-state index in [0.29, 0.717) is 12.2 Å². The Morgan fingerprint density at radius 3 is 2.43 bits per heavy atom. The fourth-order valence-electron chi connectivity index (χ4n) is 1.23. The largest absolute Gasteiger partial charge is 0.488 e. The van der Waals surface area contributed by atoms with Gasteiger partial charge in [0.15, 0.2) is 0 Å². The molecule has 0 fully saturated rings. The van der Waals surface area contributed by atoms with Gasteiger partial charge in [-0.2, -0.15) is 0 Å². The summed E-state index contributed by atoms with van der Waals surface area (Å²) in [5.74, 6) is 0.715. The molecule has 3 heteroatoms. The van der Waals surface area contributed by atoms with E-state index in [1.54, 1.807) is 0 Å². The van der Waals surface area contributed by atoms with Gasteiger partial charge >= 0.3 is 0 Å². The minimum atomic E-state index is -0.819. The highest BCUT2D eigenvalue weighted by Crippen LogP contribution is 2.14. The second-order valence-corrected chi connectivity index (χ2v) is 3.13. The van der Waals surface area contributed by atoms with Crippen LogP contribution in [-0.2, 0) is 0 Å². The molecule has 0 saturated carbocycles. The summed E-state index contributed by atoms with van der Waals surface area (Å²) in [6.45, 7) is 1.64. The minimum Gasteiger partial charge on any atom is -0.488 e. The number of benzene rings is 1. The van der Waals surface area contributed by atoms with Crippen molar-refractivity contribution in [2.24, 2.45) is 0 Å². The third-order valence-corrected chi connectivity index (χ3v) is 2.05. The summed E-state index contributed by atoms with van der Waals surface area (Å²) in [6, 6.07) is 9.29. The molecular weight excluding hydrogens is 180 g/mol. The Labute approximate surface area is 84.0 Å². The Hall–Kier alpha value is -1.06. The lowest BCUT2D eigenvalue weighted by atomic mass is 10.1. The third kappa shape index (κ3) is 3.01. The lowest BCUT2D eigenvalue weighted by Gasteiger charge is -2.21. The van der Waals surface area contributed by atoms with Crippen molar-refractivity contribution in [1.82, 2.24) is 0 Å². The molecule has 0 spiro atoms. The molecule has 78 valence electrons. The summed E-state index contributed by atoms with van der Waals surface area (Å²) >= 11 is 0. The Kier molecular flexibility index (Phi) is 4.43. The quantitative estimate of drug-likeness (QED) is 0.744. The van der Waals surface area contributed by atoms with Crippen LogP contribution in [0.5, 0.6) is 5.75 Å². The highest BCUT2D eigenvalue weighted by Gasteiger charge is 2.17. The first kappa shape index (κ1) is 11.0. The summed E-state index contributed by atoms with van der Waals surface area (Å²) in [4.78, 5) is 0. The van der Waals surface area contributed by atoms with Crippen LogP contribution >= 0.6 is 0 Å². The molecular formula is C11H16O3. The molecule has 2 atom stereocenters. The van der Waals surface area contributed by atoms with E-state index in [9.17, 15) is 5.11 Å². The average molecular weight is 196 g/mol. The van der Waals surface area contributed by atoms with Crippen molar-refractivity contribution in [1.29, 1.82) is 0 Å². The molecule has 1 rings (SSSR count). The molecule has 2 N–H and O–H groups in total. The molecule has 0 heterocycles. The zero-order valence-electron chi connectivity index (χ0n) is 8.26. The second-order valence-electron chi connectivity index (χ2n) is 3.13. The monoisotopic (exact) mass is 196 g/mol. The van der Waals surface area contributed by atoms with Crippen LogP contribution in [0.2, 0.25) is 0 Å². The average Bonchev–Trinajstić information content (AvgIpc) is 2.26. The molecule has 3 nitrogen and oxygen atoms in total. The molecule has 0 amide bonds. The molecule has 0 aromatic heterocycles. The zero-order chi connectivity index (χ0) is 10.4. The maximum absolute atomic E-state index is 9.40. The molecule has 0 aliphatic heterocycles. The summed E-state index contributed by atoms with van der Waals surface area (Å²) in [6.07, 6.45) is -0.501. The van der Waals surface area contributed by atoms with Gasteiger partial charge in [0.25, 0.3) is 0 Å². The topological polar surface area (TPSA) is 49.7 Å². The Balaban J connectivity index is 2.57. The van der Waals surface area contributed by atoms with Crippen molar-refractivity contribution in [2.45, 2.75) is 25.6 Å². The van der Waals surface area contributed by atoms with E-state index in [2.05, 4.69) is 0 Å². The third-order valence-electron chi connectivity index (χ3n) is 2.05. The van der Waals surface area contributed by atoms with Crippen LogP contribution < -0.4 is 4.74 Å². The van der Waals surface area contributed by atoms with Crippen molar-refractivity contribution >= 4 is 0 Å². The van der Waals surface area contributed by atoms with Gasteiger partial charge in [0, 0.05) is 0 Å². The number of aliphatic hydroxyl groups excluding tert-OH is 2. The van der Waals surface area contributed by atoms with Gasteiger partial charge < -0.3 is 14.9 Å². The summed E-state index contributed by atoms with van der Waals surface area (Å²) < 4.78 is 5.51. The number of aliphatic hydroxyl groups is 2. The van der Waals surface area contributed by atoms with E-state index in [-0.39, 0.29) is 12.7 Å². The van der Waals surface area contributed by atoms with E-state index < -0.39 is 6.10 Å². The Bertz CT molecular complexity index is 248. The van der Waals surface area contributed by atoms with Crippen LogP contribution in [-0.4, -0.2) is 29.0 Å². The van der Waals surface area contributed by atoms with Gasteiger partial charge in [0.1, 0.15) is 18.0 Å². The van der Waals surface area contributed by atoms with Crippen molar-refractivity contribution in [3.8, 4) is 5.75 Å². The number of hydrogen-bond acceptors (Lipinski definition) is 3. The van der Waals surface area contributed by atoms with Crippen molar-refractivity contribution in [2.75, 3.05) is 6.61 Å². The summed E-state index contributed by atoms with van der Waals surface area (Å²) in [5, 5.41) is 18.2. The fourth-order valence-corrected chi connectivity index (χ4v) is 1.23. The molecule has 0 aliphatic rings. The number of para-hydroxylation sites is 1. The van der Waals surface area contributed by atoms with E-state index in [1.165, 1.54) is 0 Å². The number of rotatable bonds is 5. The van der Waals surface area contributed by atoms with Crippen LogP contribution in [0.4, 0.5) is 0 Å². The van der Waals surface area contributed by atoms with E-state index in [4.69, 9.17) is 9.84 Å². The van der Waals surface area contributed by atoms with Crippen molar-refractivity contribution < 1.29 is 14.9 Å². The maximum atomic E-state index is 9.40. The first-order valence-corrected chi connectivity index (χ1v) is 4.78. The smallest absolute Gasteiger partial charge is 0.126 e. The molecule has 0 aliphatic carbocycles. The van der Waals surface area contributed by atoms with Gasteiger partial charge in [-0.15, -0.1) is 0 Å². The standard InChI is InChI=1S/C11H16O3/c1-2-11(10(13)8-12)14-9-6-4-3-5-7-9/h3-7,10-13H,2,8H2,1H3. The minimum absolute atomic E-state index is 0.272. The lowest BCUT2D eigenvalue weighted by Crippen LogP contribution is -2.33. The SMILES string of the molecule is CCC(Oc1ccccc1)C(O)CO. The molecule has 14 heavy (non-hydrogen) atoms. The first-order chi connectivity index (χ1) is 6.77. The highest BCUT2D eigenvalue weighted by molar-refractivity contribution is 5.21. The normalized spacial score (nSPS) is 14.8. The van der Waals surface area contributed by atoms with E-state index >= 15 is 0 Å². The number of ether oxygens (including phenoxy) is 1. The molecule has 0 bridgehead atoms. The molecule has 0 radical (unpaired) electrons. The van der Waals surface area contributed by atoms with Crippen molar-refractivity contribution in [3.63, 3.8) is 0 Å². The molecule has 1 aromatic rings.